The Kier molecular flexibility index (Phi) is 12.3. The Labute approximate surface area is 312 Å². The van der Waals surface area contributed by atoms with Gasteiger partial charge in [-0.1, -0.05) is 91.7 Å². The summed E-state index contributed by atoms with van der Waals surface area (Å²) in [6, 6.07) is 32.6. The van der Waals surface area contributed by atoms with E-state index in [0.717, 1.165) is 72.7 Å². The van der Waals surface area contributed by atoms with Crippen molar-refractivity contribution in [3.63, 3.8) is 0 Å². The summed E-state index contributed by atoms with van der Waals surface area (Å²) in [6.45, 7) is 13.6. The zero-order valence-electron chi connectivity index (χ0n) is 30.3. The summed E-state index contributed by atoms with van der Waals surface area (Å²) in [6.07, 6.45) is 4.12. The molecule has 5 aromatic rings. The Hall–Kier alpha value is -5.11. The number of hydrogen-bond acceptors (Lipinski definition) is 7. The number of carbonyl (C=O) groups excluding carboxylic acids is 1. The summed E-state index contributed by atoms with van der Waals surface area (Å²) in [5, 5.41) is 0.440. The fourth-order valence-corrected chi connectivity index (χ4v) is 6.38. The second kappa shape index (κ2) is 17.4. The van der Waals surface area contributed by atoms with Gasteiger partial charge in [0.15, 0.2) is 0 Å². The van der Waals surface area contributed by atoms with Crippen LogP contribution in [-0.4, -0.2) is 47.2 Å². The smallest absolute Gasteiger partial charge is 0.219 e. The number of halogens is 1. The standard InChI is InChI=1S/C44H46ClN3O4/c1-31(2)37-13-15-38(16-14-37)50-29-36-11-9-34(10-12-36)28-47-20-22-48(23-21-47)42(19-24-49)40-26-41(45)43(25-33(40)4)52-44-18-17-39(27-46-44)51-30-35-7-5-32(3)6-8-35/h5-19,24-27,31H,20-23,28-30H2,1-4H3/b42-19+. The van der Waals surface area contributed by atoms with Gasteiger partial charge in [0, 0.05) is 56.1 Å². The molecule has 0 radical (unpaired) electrons. The summed E-state index contributed by atoms with van der Waals surface area (Å²) in [5.41, 5.74) is 8.73. The van der Waals surface area contributed by atoms with Crippen LogP contribution in [0.4, 0.5) is 0 Å². The average molecular weight is 716 g/mol. The highest BCUT2D eigenvalue weighted by Gasteiger charge is 2.22. The fourth-order valence-electron chi connectivity index (χ4n) is 6.18. The number of aldehydes is 1. The molecule has 1 fully saturated rings. The SMILES string of the molecule is Cc1ccc(COc2ccc(Oc3cc(C)c(/C(=C\C=O)N4CCN(Cc5ccc(COc6ccc(C(C)C)cc6)cc5)CC4)cc3Cl)nc2)cc1. The second-order valence-corrected chi connectivity index (χ2v) is 14.0. The van der Waals surface area contributed by atoms with Crippen molar-refractivity contribution in [1.82, 2.24) is 14.8 Å². The third-order valence-corrected chi connectivity index (χ3v) is 9.62. The summed E-state index contributed by atoms with van der Waals surface area (Å²) in [5.74, 6) is 2.95. The molecule has 0 aliphatic carbocycles. The Morgan fingerprint density at radius 3 is 2.02 bits per heavy atom. The lowest BCUT2D eigenvalue weighted by Crippen LogP contribution is -2.45. The largest absolute Gasteiger partial charge is 0.489 e. The number of carbonyl (C=O) groups is 1. The van der Waals surface area contributed by atoms with E-state index in [4.69, 9.17) is 25.8 Å². The number of pyridine rings is 1. The normalized spacial score (nSPS) is 13.7. The van der Waals surface area contributed by atoms with Gasteiger partial charge in [0.1, 0.15) is 36.7 Å². The van der Waals surface area contributed by atoms with E-state index in [-0.39, 0.29) is 0 Å². The summed E-state index contributed by atoms with van der Waals surface area (Å²) in [4.78, 5) is 20.9. The van der Waals surface area contributed by atoms with E-state index in [0.29, 0.717) is 41.5 Å². The summed E-state index contributed by atoms with van der Waals surface area (Å²) >= 11 is 6.76. The van der Waals surface area contributed by atoms with Crippen LogP contribution in [0.5, 0.6) is 23.1 Å². The molecule has 4 aromatic carbocycles. The number of rotatable bonds is 14. The number of hydrogen-bond donors (Lipinski definition) is 0. The summed E-state index contributed by atoms with van der Waals surface area (Å²) in [7, 11) is 0. The lowest BCUT2D eigenvalue weighted by atomic mass is 10.0. The predicted octanol–water partition coefficient (Wildman–Crippen LogP) is 9.78. The minimum atomic E-state index is 0.409. The van der Waals surface area contributed by atoms with Gasteiger partial charge in [-0.2, -0.15) is 0 Å². The van der Waals surface area contributed by atoms with E-state index >= 15 is 0 Å². The number of benzene rings is 4. The van der Waals surface area contributed by atoms with Gasteiger partial charge in [-0.05, 0) is 77.9 Å². The molecular weight excluding hydrogens is 670 g/mol. The molecule has 0 bridgehead atoms. The number of aromatic nitrogens is 1. The summed E-state index contributed by atoms with van der Waals surface area (Å²) < 4.78 is 18.0. The molecule has 6 rings (SSSR count). The van der Waals surface area contributed by atoms with Crippen LogP contribution in [0.1, 0.15) is 58.7 Å². The molecule has 1 aromatic heterocycles. The molecular formula is C44H46ClN3O4. The number of ether oxygens (including phenoxy) is 3. The van der Waals surface area contributed by atoms with Gasteiger partial charge >= 0.3 is 0 Å². The Bertz CT molecular complexity index is 1950. The lowest BCUT2D eigenvalue weighted by molar-refractivity contribution is -0.104. The van der Waals surface area contributed by atoms with Crippen molar-refractivity contribution >= 4 is 23.6 Å². The molecule has 0 atom stereocenters. The van der Waals surface area contributed by atoms with Crippen molar-refractivity contribution in [1.29, 1.82) is 0 Å². The third-order valence-electron chi connectivity index (χ3n) is 9.32. The third kappa shape index (κ3) is 9.81. The first kappa shape index (κ1) is 36.7. The van der Waals surface area contributed by atoms with Crippen molar-refractivity contribution in [2.24, 2.45) is 0 Å². The van der Waals surface area contributed by atoms with Gasteiger partial charge in [-0.3, -0.25) is 9.69 Å². The van der Waals surface area contributed by atoms with Crippen LogP contribution < -0.4 is 14.2 Å². The molecule has 52 heavy (non-hydrogen) atoms. The van der Waals surface area contributed by atoms with Crippen LogP contribution in [0.25, 0.3) is 5.70 Å². The molecule has 0 N–H and O–H groups in total. The second-order valence-electron chi connectivity index (χ2n) is 13.6. The van der Waals surface area contributed by atoms with E-state index in [9.17, 15) is 4.79 Å². The molecule has 1 aliphatic rings. The first-order valence-electron chi connectivity index (χ1n) is 17.8. The molecule has 2 heterocycles. The highest BCUT2D eigenvalue weighted by atomic mass is 35.5. The number of nitrogens with zero attached hydrogens (tertiary/aromatic N) is 3. The minimum absolute atomic E-state index is 0.409. The maximum absolute atomic E-state index is 11.8. The van der Waals surface area contributed by atoms with Gasteiger partial charge in [-0.15, -0.1) is 0 Å². The zero-order valence-corrected chi connectivity index (χ0v) is 31.1. The van der Waals surface area contributed by atoms with Crippen molar-refractivity contribution in [3.05, 3.63) is 153 Å². The minimum Gasteiger partial charge on any atom is -0.489 e. The molecule has 0 amide bonds. The van der Waals surface area contributed by atoms with Crippen molar-refractivity contribution < 1.29 is 19.0 Å². The molecule has 8 heteroatoms. The first-order chi connectivity index (χ1) is 25.2. The molecule has 0 spiro atoms. The van der Waals surface area contributed by atoms with Crippen LogP contribution in [0.3, 0.4) is 0 Å². The topological polar surface area (TPSA) is 64.1 Å². The highest BCUT2D eigenvalue weighted by molar-refractivity contribution is 6.32. The number of piperazine rings is 1. The predicted molar refractivity (Wildman–Crippen MR) is 208 cm³/mol. The molecule has 1 saturated heterocycles. The van der Waals surface area contributed by atoms with E-state index in [1.165, 1.54) is 16.7 Å². The van der Waals surface area contributed by atoms with Crippen LogP contribution in [0, 0.1) is 13.8 Å². The van der Waals surface area contributed by atoms with Crippen LogP contribution in [0.15, 0.2) is 109 Å². The van der Waals surface area contributed by atoms with Gasteiger partial charge in [0.05, 0.1) is 11.2 Å². The highest BCUT2D eigenvalue weighted by Crippen LogP contribution is 2.35. The molecule has 268 valence electrons. The fraction of sp³-hybridized carbons (Fsp3) is 0.273. The van der Waals surface area contributed by atoms with Gasteiger partial charge in [-0.25, -0.2) is 4.98 Å². The van der Waals surface area contributed by atoms with Gasteiger partial charge in [0.25, 0.3) is 0 Å². The van der Waals surface area contributed by atoms with E-state index in [2.05, 4.69) is 96.2 Å². The molecule has 7 nitrogen and oxygen atoms in total. The molecule has 0 saturated carbocycles. The lowest BCUT2D eigenvalue weighted by Gasteiger charge is -2.37. The Morgan fingerprint density at radius 1 is 0.788 bits per heavy atom. The van der Waals surface area contributed by atoms with E-state index in [1.807, 2.05) is 37.3 Å². The van der Waals surface area contributed by atoms with E-state index in [1.54, 1.807) is 18.3 Å². The molecule has 0 unspecified atom stereocenters. The van der Waals surface area contributed by atoms with Crippen molar-refractivity contribution in [2.75, 3.05) is 26.2 Å². The quantitative estimate of drug-likeness (QED) is 0.0838. The Balaban J connectivity index is 1.01. The Morgan fingerprint density at radius 2 is 1.40 bits per heavy atom. The van der Waals surface area contributed by atoms with Crippen LogP contribution in [0.2, 0.25) is 5.02 Å². The van der Waals surface area contributed by atoms with Gasteiger partial charge < -0.3 is 19.1 Å². The molecule has 1 aliphatic heterocycles. The monoisotopic (exact) mass is 715 g/mol. The zero-order chi connectivity index (χ0) is 36.5. The van der Waals surface area contributed by atoms with Crippen LogP contribution in [-0.2, 0) is 24.6 Å². The van der Waals surface area contributed by atoms with Crippen molar-refractivity contribution in [3.8, 4) is 23.1 Å². The van der Waals surface area contributed by atoms with Gasteiger partial charge in [0.2, 0.25) is 5.88 Å². The number of allylic oxidation sites excluding steroid dienone is 1. The van der Waals surface area contributed by atoms with E-state index < -0.39 is 0 Å². The van der Waals surface area contributed by atoms with Crippen molar-refractivity contribution in [2.45, 2.75) is 53.4 Å². The van der Waals surface area contributed by atoms with Crippen LogP contribution >= 0.6 is 11.6 Å². The number of aryl methyl sites for hydroxylation is 2. The average Bonchev–Trinajstić information content (AvgIpc) is 3.16. The maximum Gasteiger partial charge on any atom is 0.219 e. The first-order valence-corrected chi connectivity index (χ1v) is 18.2. The maximum atomic E-state index is 11.8.